The molecule has 0 aliphatic carbocycles. The summed E-state index contributed by atoms with van der Waals surface area (Å²) >= 11 is 5.99. The fourth-order valence-corrected chi connectivity index (χ4v) is 1.40. The number of carbonyl (C=O) groups excluding carboxylic acids is 1. The van der Waals surface area contributed by atoms with Crippen molar-refractivity contribution in [2.24, 2.45) is 0 Å². The van der Waals surface area contributed by atoms with Crippen LogP contribution >= 0.6 is 11.6 Å². The molecule has 2 nitrogen and oxygen atoms in total. The highest BCUT2D eigenvalue weighted by molar-refractivity contribution is 6.34. The lowest BCUT2D eigenvalue weighted by atomic mass is 9.92. The number of hydrogen-bond donors (Lipinski definition) is 0. The van der Waals surface area contributed by atoms with Crippen molar-refractivity contribution in [1.29, 1.82) is 0 Å². The fourth-order valence-electron chi connectivity index (χ4n) is 1.18. The van der Waals surface area contributed by atoms with Gasteiger partial charge in [-0.3, -0.25) is 9.69 Å². The number of benzene rings is 1. The SMILES string of the molecule is CN(C)C(C)(C)C(=O)c1ccccc1Cl. The van der Waals surface area contributed by atoms with Gasteiger partial charge in [0, 0.05) is 5.56 Å². The van der Waals surface area contributed by atoms with Crippen LogP contribution in [0, 0.1) is 0 Å². The minimum absolute atomic E-state index is 0.0399. The van der Waals surface area contributed by atoms with Gasteiger partial charge >= 0.3 is 0 Å². The van der Waals surface area contributed by atoms with Gasteiger partial charge < -0.3 is 0 Å². The topological polar surface area (TPSA) is 20.3 Å². The van der Waals surface area contributed by atoms with E-state index in [-0.39, 0.29) is 5.78 Å². The minimum atomic E-state index is -0.537. The maximum Gasteiger partial charge on any atom is 0.183 e. The molecule has 0 atom stereocenters. The number of Topliss-reactive ketones (excluding diaryl/α,β-unsaturated/α-hetero) is 1. The summed E-state index contributed by atoms with van der Waals surface area (Å²) < 4.78 is 0. The van der Waals surface area contributed by atoms with Crippen LogP contribution in [0.4, 0.5) is 0 Å². The van der Waals surface area contributed by atoms with Crippen molar-refractivity contribution >= 4 is 17.4 Å². The Balaban J connectivity index is 3.11. The lowest BCUT2D eigenvalue weighted by Crippen LogP contribution is -2.45. The van der Waals surface area contributed by atoms with Crippen LogP contribution in [-0.4, -0.2) is 30.3 Å². The van der Waals surface area contributed by atoms with Crippen LogP contribution in [0.2, 0.25) is 5.02 Å². The highest BCUT2D eigenvalue weighted by Gasteiger charge is 2.31. The average Bonchev–Trinajstić information content (AvgIpc) is 2.17. The molecular formula is C12H16ClNO. The van der Waals surface area contributed by atoms with Crippen LogP contribution in [0.1, 0.15) is 24.2 Å². The Bertz CT molecular complexity index is 372. The zero-order chi connectivity index (χ0) is 11.6. The van der Waals surface area contributed by atoms with Crippen molar-refractivity contribution < 1.29 is 4.79 Å². The molecule has 0 amide bonds. The second-order valence-electron chi connectivity index (χ2n) is 4.26. The zero-order valence-electron chi connectivity index (χ0n) is 9.54. The first-order valence-electron chi connectivity index (χ1n) is 4.84. The number of carbonyl (C=O) groups is 1. The minimum Gasteiger partial charge on any atom is -0.297 e. The van der Waals surface area contributed by atoms with E-state index >= 15 is 0 Å². The Labute approximate surface area is 95.8 Å². The van der Waals surface area contributed by atoms with Crippen LogP contribution in [0.3, 0.4) is 0 Å². The Morgan fingerprint density at radius 2 is 1.80 bits per heavy atom. The number of halogens is 1. The van der Waals surface area contributed by atoms with Crippen molar-refractivity contribution in [1.82, 2.24) is 4.90 Å². The third-order valence-electron chi connectivity index (χ3n) is 2.79. The average molecular weight is 226 g/mol. The molecule has 1 rings (SSSR count). The molecule has 0 N–H and O–H groups in total. The molecule has 0 bridgehead atoms. The normalized spacial score (nSPS) is 11.9. The van der Waals surface area contributed by atoms with Gasteiger partial charge in [0.15, 0.2) is 5.78 Å². The third-order valence-corrected chi connectivity index (χ3v) is 3.12. The van der Waals surface area contributed by atoms with Crippen molar-refractivity contribution in [3.8, 4) is 0 Å². The smallest absolute Gasteiger partial charge is 0.183 e. The van der Waals surface area contributed by atoms with E-state index in [1.807, 2.05) is 45.0 Å². The second-order valence-corrected chi connectivity index (χ2v) is 4.67. The van der Waals surface area contributed by atoms with E-state index in [0.717, 1.165) is 0 Å². The number of likely N-dealkylation sites (N-methyl/N-ethyl adjacent to an activating group) is 1. The molecule has 0 aliphatic heterocycles. The van der Waals surface area contributed by atoms with E-state index in [1.165, 1.54) is 0 Å². The van der Waals surface area contributed by atoms with Crippen molar-refractivity contribution in [3.63, 3.8) is 0 Å². The Morgan fingerprint density at radius 1 is 1.27 bits per heavy atom. The van der Waals surface area contributed by atoms with Gasteiger partial charge in [0.05, 0.1) is 10.6 Å². The summed E-state index contributed by atoms with van der Waals surface area (Å²) in [6.45, 7) is 3.78. The number of hydrogen-bond acceptors (Lipinski definition) is 2. The van der Waals surface area contributed by atoms with E-state index in [0.29, 0.717) is 10.6 Å². The molecule has 0 aromatic heterocycles. The van der Waals surface area contributed by atoms with Gasteiger partial charge in [-0.1, -0.05) is 23.7 Å². The molecule has 1 aromatic rings. The second kappa shape index (κ2) is 4.33. The molecule has 0 unspecified atom stereocenters. The zero-order valence-corrected chi connectivity index (χ0v) is 10.3. The molecule has 82 valence electrons. The molecular weight excluding hydrogens is 210 g/mol. The quantitative estimate of drug-likeness (QED) is 0.738. The Kier molecular flexibility index (Phi) is 3.53. The van der Waals surface area contributed by atoms with Gasteiger partial charge in [-0.25, -0.2) is 0 Å². The monoisotopic (exact) mass is 225 g/mol. The predicted molar refractivity (Wildman–Crippen MR) is 63.5 cm³/mol. The van der Waals surface area contributed by atoms with Gasteiger partial charge in [0.1, 0.15) is 0 Å². The summed E-state index contributed by atoms with van der Waals surface area (Å²) in [6.07, 6.45) is 0. The summed E-state index contributed by atoms with van der Waals surface area (Å²) in [5, 5.41) is 0.512. The van der Waals surface area contributed by atoms with Crippen LogP contribution < -0.4 is 0 Å². The maximum absolute atomic E-state index is 12.2. The van der Waals surface area contributed by atoms with E-state index < -0.39 is 5.54 Å². The van der Waals surface area contributed by atoms with Crippen LogP contribution in [0.25, 0.3) is 0 Å². The van der Waals surface area contributed by atoms with Crippen molar-refractivity contribution in [3.05, 3.63) is 34.9 Å². The van der Waals surface area contributed by atoms with Crippen molar-refractivity contribution in [2.75, 3.05) is 14.1 Å². The predicted octanol–water partition coefficient (Wildman–Crippen LogP) is 2.86. The largest absolute Gasteiger partial charge is 0.297 e. The molecule has 0 spiro atoms. The van der Waals surface area contributed by atoms with Crippen LogP contribution in [-0.2, 0) is 0 Å². The molecule has 0 saturated heterocycles. The number of nitrogens with zero attached hydrogens (tertiary/aromatic N) is 1. The third kappa shape index (κ3) is 2.39. The molecule has 0 fully saturated rings. The molecule has 0 aliphatic rings. The summed E-state index contributed by atoms with van der Waals surface area (Å²) in [5.41, 5.74) is 0.0446. The molecule has 0 heterocycles. The highest BCUT2D eigenvalue weighted by Crippen LogP contribution is 2.23. The summed E-state index contributed by atoms with van der Waals surface area (Å²) in [7, 11) is 3.77. The van der Waals surface area contributed by atoms with Gasteiger partial charge in [-0.2, -0.15) is 0 Å². The van der Waals surface area contributed by atoms with Gasteiger partial charge in [0.2, 0.25) is 0 Å². The summed E-state index contributed by atoms with van der Waals surface area (Å²) in [5.74, 6) is 0.0399. The van der Waals surface area contributed by atoms with E-state index in [4.69, 9.17) is 11.6 Å². The molecule has 0 radical (unpaired) electrons. The lowest BCUT2D eigenvalue weighted by Gasteiger charge is -2.31. The standard InChI is InChI=1S/C12H16ClNO/c1-12(2,14(3)4)11(15)9-7-5-6-8-10(9)13/h5-8H,1-4H3. The fraction of sp³-hybridized carbons (Fsp3) is 0.417. The number of ketones is 1. The highest BCUT2D eigenvalue weighted by atomic mass is 35.5. The van der Waals surface area contributed by atoms with Crippen molar-refractivity contribution in [2.45, 2.75) is 19.4 Å². The van der Waals surface area contributed by atoms with E-state index in [2.05, 4.69) is 0 Å². The van der Waals surface area contributed by atoms with Gasteiger partial charge in [0.25, 0.3) is 0 Å². The summed E-state index contributed by atoms with van der Waals surface area (Å²) in [4.78, 5) is 14.1. The first-order chi connectivity index (χ1) is 6.87. The maximum atomic E-state index is 12.2. The molecule has 0 saturated carbocycles. The first kappa shape index (κ1) is 12.2. The van der Waals surface area contributed by atoms with E-state index in [9.17, 15) is 4.79 Å². The molecule has 15 heavy (non-hydrogen) atoms. The lowest BCUT2D eigenvalue weighted by molar-refractivity contribution is 0.0755. The first-order valence-corrected chi connectivity index (χ1v) is 5.22. The molecule has 1 aromatic carbocycles. The Hall–Kier alpha value is -0.860. The Morgan fingerprint density at radius 3 is 2.27 bits per heavy atom. The van der Waals surface area contributed by atoms with Gasteiger partial charge in [-0.15, -0.1) is 0 Å². The van der Waals surface area contributed by atoms with Crippen LogP contribution in [0.5, 0.6) is 0 Å². The number of rotatable bonds is 3. The van der Waals surface area contributed by atoms with Crippen LogP contribution in [0.15, 0.2) is 24.3 Å². The van der Waals surface area contributed by atoms with Gasteiger partial charge in [-0.05, 0) is 40.1 Å². The van der Waals surface area contributed by atoms with E-state index in [1.54, 1.807) is 12.1 Å². The summed E-state index contributed by atoms with van der Waals surface area (Å²) in [6, 6.07) is 7.14. The molecule has 3 heteroatoms.